The summed E-state index contributed by atoms with van der Waals surface area (Å²) in [6.45, 7) is 5.29. The number of nitrogens with zero attached hydrogens (tertiary/aromatic N) is 2. The summed E-state index contributed by atoms with van der Waals surface area (Å²) in [5.74, 6) is -0.355. The lowest BCUT2D eigenvalue weighted by atomic mass is 10.0. The van der Waals surface area contributed by atoms with Crippen molar-refractivity contribution in [1.82, 2.24) is 9.88 Å². The van der Waals surface area contributed by atoms with Gasteiger partial charge in [0, 0.05) is 42.1 Å². The van der Waals surface area contributed by atoms with Gasteiger partial charge in [-0.2, -0.15) is 0 Å². The Balaban J connectivity index is 1.79. The van der Waals surface area contributed by atoms with Gasteiger partial charge in [0.05, 0.1) is 22.7 Å². The largest absolute Gasteiger partial charge is 0.383 e. The summed E-state index contributed by atoms with van der Waals surface area (Å²) < 4.78 is 19.1. The number of ether oxygens (including phenoxy) is 1. The summed E-state index contributed by atoms with van der Waals surface area (Å²) in [4.78, 5) is 21.7. The van der Waals surface area contributed by atoms with E-state index in [1.807, 2.05) is 56.3 Å². The van der Waals surface area contributed by atoms with Crippen LogP contribution in [0.25, 0.3) is 22.2 Å². The number of carbonyl (C=O) groups excluding carboxylic acids is 1. The summed E-state index contributed by atoms with van der Waals surface area (Å²) in [5, 5.41) is 0.836. The highest BCUT2D eigenvalue weighted by atomic mass is 32.1. The van der Waals surface area contributed by atoms with E-state index in [0.29, 0.717) is 30.1 Å². The van der Waals surface area contributed by atoms with Crippen molar-refractivity contribution in [2.24, 2.45) is 0 Å². The first-order chi connectivity index (χ1) is 15.4. The highest BCUT2D eigenvalue weighted by Crippen LogP contribution is 2.28. The summed E-state index contributed by atoms with van der Waals surface area (Å²) in [6, 6.07) is 18.5. The number of rotatable bonds is 7. The van der Waals surface area contributed by atoms with Crippen LogP contribution >= 0.6 is 11.3 Å². The van der Waals surface area contributed by atoms with Crippen molar-refractivity contribution in [1.29, 1.82) is 0 Å². The minimum absolute atomic E-state index is 0.0331. The van der Waals surface area contributed by atoms with Crippen LogP contribution in [0.1, 0.15) is 25.7 Å². The van der Waals surface area contributed by atoms with Crippen molar-refractivity contribution < 1.29 is 13.9 Å². The van der Waals surface area contributed by atoms with Crippen LogP contribution < -0.4 is 0 Å². The normalized spacial score (nSPS) is 11.1. The smallest absolute Gasteiger partial charge is 0.264 e. The van der Waals surface area contributed by atoms with E-state index in [1.54, 1.807) is 18.1 Å². The molecule has 2 aromatic heterocycles. The van der Waals surface area contributed by atoms with Gasteiger partial charge in [0.2, 0.25) is 0 Å². The predicted molar refractivity (Wildman–Crippen MR) is 128 cm³/mol. The van der Waals surface area contributed by atoms with Crippen LogP contribution in [0.2, 0.25) is 0 Å². The highest BCUT2D eigenvalue weighted by molar-refractivity contribution is 7.13. The summed E-state index contributed by atoms with van der Waals surface area (Å²) >= 11 is 1.49. The van der Waals surface area contributed by atoms with Gasteiger partial charge in [-0.3, -0.25) is 4.79 Å². The molecule has 0 atom stereocenters. The average Bonchev–Trinajstić information content (AvgIpc) is 3.22. The molecule has 2 aromatic carbocycles. The van der Waals surface area contributed by atoms with Crippen LogP contribution in [0.5, 0.6) is 0 Å². The molecule has 0 aliphatic heterocycles. The molecule has 0 unspecified atom stereocenters. The third-order valence-corrected chi connectivity index (χ3v) is 6.34. The lowest BCUT2D eigenvalue weighted by molar-refractivity contribution is 0.0685. The quantitative estimate of drug-likeness (QED) is 0.348. The molecule has 2 heterocycles. The Labute approximate surface area is 191 Å². The monoisotopic (exact) mass is 448 g/mol. The molecule has 6 heteroatoms. The molecule has 1 amide bonds. The maximum atomic E-state index is 13.9. The molecule has 0 fully saturated rings. The van der Waals surface area contributed by atoms with Gasteiger partial charge in [-0.1, -0.05) is 29.8 Å². The number of amides is 1. The molecular formula is C26H25FN2O2S. The maximum Gasteiger partial charge on any atom is 0.264 e. The van der Waals surface area contributed by atoms with Gasteiger partial charge in [-0.15, -0.1) is 11.3 Å². The number of carbonyl (C=O) groups is 1. The first-order valence-corrected chi connectivity index (χ1v) is 11.3. The third kappa shape index (κ3) is 4.87. The number of pyridine rings is 1. The van der Waals surface area contributed by atoms with Gasteiger partial charge in [0.25, 0.3) is 5.91 Å². The zero-order valence-electron chi connectivity index (χ0n) is 18.4. The molecule has 0 bridgehead atoms. The van der Waals surface area contributed by atoms with Gasteiger partial charge in [-0.25, -0.2) is 9.37 Å². The number of aromatic nitrogens is 1. The SMILES string of the molecule is COCCN(Cc1cc2ccc(F)cc2nc1-c1ccc(C)cc1)C(=O)c1ccc(C)s1. The second-order valence-corrected chi connectivity index (χ2v) is 9.12. The molecular weight excluding hydrogens is 423 g/mol. The number of halogens is 1. The third-order valence-electron chi connectivity index (χ3n) is 5.35. The van der Waals surface area contributed by atoms with Crippen LogP contribution in [-0.2, 0) is 11.3 Å². The lowest BCUT2D eigenvalue weighted by Gasteiger charge is -2.23. The van der Waals surface area contributed by atoms with Crippen LogP contribution in [-0.4, -0.2) is 36.1 Å². The molecule has 32 heavy (non-hydrogen) atoms. The second kappa shape index (κ2) is 9.59. The van der Waals surface area contributed by atoms with Crippen LogP contribution in [0.4, 0.5) is 4.39 Å². The van der Waals surface area contributed by atoms with Crippen LogP contribution in [0.15, 0.2) is 60.7 Å². The van der Waals surface area contributed by atoms with E-state index in [1.165, 1.54) is 23.5 Å². The van der Waals surface area contributed by atoms with E-state index < -0.39 is 0 Å². The van der Waals surface area contributed by atoms with Crippen LogP contribution in [0, 0.1) is 19.7 Å². The van der Waals surface area contributed by atoms with Crippen molar-refractivity contribution in [3.8, 4) is 11.3 Å². The van der Waals surface area contributed by atoms with Crippen molar-refractivity contribution in [2.75, 3.05) is 20.3 Å². The van der Waals surface area contributed by atoms with Gasteiger partial charge in [0.1, 0.15) is 5.82 Å². The molecule has 4 rings (SSSR count). The Bertz CT molecular complexity index is 1250. The Morgan fingerprint density at radius 3 is 2.53 bits per heavy atom. The van der Waals surface area contributed by atoms with Crippen molar-refractivity contribution in [3.63, 3.8) is 0 Å². The Hall–Kier alpha value is -3.09. The van der Waals surface area contributed by atoms with Crippen molar-refractivity contribution in [2.45, 2.75) is 20.4 Å². The predicted octanol–water partition coefficient (Wildman–Crippen LogP) is 6.01. The first-order valence-electron chi connectivity index (χ1n) is 10.5. The van der Waals surface area contributed by atoms with E-state index in [-0.39, 0.29) is 11.7 Å². The fourth-order valence-electron chi connectivity index (χ4n) is 3.63. The standard InChI is InChI=1S/C26H25FN2O2S/c1-17-4-7-19(8-5-17)25-21(14-20-9-10-22(27)15-23(20)28-25)16-29(12-13-31-3)26(30)24-11-6-18(2)32-24/h4-11,14-15H,12-13,16H2,1-3H3. The van der Waals surface area contributed by atoms with E-state index >= 15 is 0 Å². The minimum Gasteiger partial charge on any atom is -0.383 e. The molecule has 0 aliphatic rings. The van der Waals surface area contributed by atoms with Crippen molar-refractivity contribution in [3.05, 3.63) is 87.4 Å². The fourth-order valence-corrected chi connectivity index (χ4v) is 4.47. The Kier molecular flexibility index (Phi) is 6.63. The molecule has 0 radical (unpaired) electrons. The molecule has 4 nitrogen and oxygen atoms in total. The number of hydrogen-bond acceptors (Lipinski definition) is 4. The molecule has 4 aromatic rings. The first kappa shape index (κ1) is 22.1. The summed E-state index contributed by atoms with van der Waals surface area (Å²) in [6.07, 6.45) is 0. The molecule has 164 valence electrons. The summed E-state index contributed by atoms with van der Waals surface area (Å²) in [7, 11) is 1.63. The van der Waals surface area contributed by atoms with Crippen molar-refractivity contribution >= 4 is 28.1 Å². The number of thiophene rings is 1. The molecule has 0 N–H and O–H groups in total. The number of hydrogen-bond donors (Lipinski definition) is 0. The Morgan fingerprint density at radius 2 is 1.84 bits per heavy atom. The van der Waals surface area contributed by atoms with Gasteiger partial charge >= 0.3 is 0 Å². The van der Waals surface area contributed by atoms with E-state index in [0.717, 1.165) is 32.6 Å². The van der Waals surface area contributed by atoms with E-state index in [2.05, 4.69) is 0 Å². The maximum absolute atomic E-state index is 13.9. The van der Waals surface area contributed by atoms with Gasteiger partial charge < -0.3 is 9.64 Å². The summed E-state index contributed by atoms with van der Waals surface area (Å²) in [5.41, 5.74) is 4.33. The van der Waals surface area contributed by atoms with E-state index in [9.17, 15) is 9.18 Å². The number of fused-ring (bicyclic) bond motifs is 1. The average molecular weight is 449 g/mol. The molecule has 0 saturated carbocycles. The van der Waals surface area contributed by atoms with Crippen LogP contribution in [0.3, 0.4) is 0 Å². The minimum atomic E-state index is -0.322. The number of methoxy groups -OCH3 is 1. The van der Waals surface area contributed by atoms with Gasteiger partial charge in [0.15, 0.2) is 0 Å². The number of benzene rings is 2. The zero-order valence-corrected chi connectivity index (χ0v) is 19.2. The highest BCUT2D eigenvalue weighted by Gasteiger charge is 2.20. The topological polar surface area (TPSA) is 42.4 Å². The second-order valence-electron chi connectivity index (χ2n) is 7.83. The molecule has 0 spiro atoms. The zero-order chi connectivity index (χ0) is 22.7. The lowest BCUT2D eigenvalue weighted by Crippen LogP contribution is -2.33. The fraction of sp³-hybridized carbons (Fsp3) is 0.231. The molecule has 0 aliphatic carbocycles. The Morgan fingerprint density at radius 1 is 1.06 bits per heavy atom. The molecule has 0 saturated heterocycles. The number of aryl methyl sites for hydroxylation is 2. The van der Waals surface area contributed by atoms with E-state index in [4.69, 9.17) is 9.72 Å². The van der Waals surface area contributed by atoms with Gasteiger partial charge in [-0.05, 0) is 49.7 Å².